The minimum atomic E-state index is -1.03. The highest BCUT2D eigenvalue weighted by molar-refractivity contribution is 7.80. The van der Waals surface area contributed by atoms with Gasteiger partial charge in [-0.15, -0.1) is 0 Å². The normalized spacial score (nSPS) is 34.4. The standard InChI is InChI=1S/C17H20FN3O3S/c18-8-1-5-10(6-2-8)21-14-11(16(24)19-9-3-4-9)7-12(22)15(23)13(14)20-17(21)25/h1-2,5-6,9,11-15,22-23H,3-4,7H2,(H,19,24)(H,20,25)/t11-,12-,13-,14+,15+/m1/s1. The SMILES string of the molecule is O=C(NC1CC1)[C@@H]1C[C@@H](O)[C@H](O)[C@@H]2NC(=S)N(c3ccc(F)cc3)[C@H]21. The zero-order valence-corrected chi connectivity index (χ0v) is 14.2. The molecule has 0 bridgehead atoms. The Morgan fingerprint density at radius 2 is 1.96 bits per heavy atom. The molecule has 1 amide bonds. The third-order valence-corrected chi connectivity index (χ3v) is 5.52. The van der Waals surface area contributed by atoms with Crippen LogP contribution in [0.4, 0.5) is 10.1 Å². The Morgan fingerprint density at radius 3 is 2.60 bits per heavy atom. The fourth-order valence-corrected chi connectivity index (χ4v) is 4.14. The number of thiocarbonyl (C=S) groups is 1. The number of carbonyl (C=O) groups is 1. The van der Waals surface area contributed by atoms with E-state index in [1.807, 2.05) is 0 Å². The Labute approximate surface area is 150 Å². The number of fused-ring (bicyclic) bond motifs is 1. The Balaban J connectivity index is 1.68. The second-order valence-electron chi connectivity index (χ2n) is 7.00. The lowest BCUT2D eigenvalue weighted by atomic mass is 9.77. The summed E-state index contributed by atoms with van der Waals surface area (Å²) < 4.78 is 13.3. The largest absolute Gasteiger partial charge is 0.390 e. The van der Waals surface area contributed by atoms with E-state index in [9.17, 15) is 19.4 Å². The molecular formula is C17H20FN3O3S. The third kappa shape index (κ3) is 2.98. The van der Waals surface area contributed by atoms with E-state index in [1.165, 1.54) is 12.1 Å². The lowest BCUT2D eigenvalue weighted by Crippen LogP contribution is -2.61. The van der Waals surface area contributed by atoms with E-state index in [-0.39, 0.29) is 24.2 Å². The predicted octanol–water partition coefficient (Wildman–Crippen LogP) is 0.278. The van der Waals surface area contributed by atoms with Crippen LogP contribution in [0.5, 0.6) is 0 Å². The molecule has 4 rings (SSSR count). The Hall–Kier alpha value is -1.77. The zero-order valence-electron chi connectivity index (χ0n) is 13.4. The Kier molecular flexibility index (Phi) is 4.13. The second-order valence-corrected chi connectivity index (χ2v) is 7.38. The highest BCUT2D eigenvalue weighted by Crippen LogP contribution is 2.37. The van der Waals surface area contributed by atoms with Gasteiger partial charge >= 0.3 is 0 Å². The van der Waals surface area contributed by atoms with Crippen LogP contribution in [0.15, 0.2) is 24.3 Å². The summed E-state index contributed by atoms with van der Waals surface area (Å²) in [4.78, 5) is 14.5. The van der Waals surface area contributed by atoms with Crippen molar-refractivity contribution in [3.05, 3.63) is 30.1 Å². The van der Waals surface area contributed by atoms with Crippen LogP contribution in [0.1, 0.15) is 19.3 Å². The number of rotatable bonds is 3. The van der Waals surface area contributed by atoms with Crippen molar-refractivity contribution in [3.8, 4) is 0 Å². The van der Waals surface area contributed by atoms with Crippen molar-refractivity contribution >= 4 is 28.9 Å². The average Bonchev–Trinajstić information content (AvgIpc) is 3.32. The van der Waals surface area contributed by atoms with E-state index < -0.39 is 30.2 Å². The maximum Gasteiger partial charge on any atom is 0.225 e. The fraction of sp³-hybridized carbons (Fsp3) is 0.529. The van der Waals surface area contributed by atoms with Gasteiger partial charge in [-0.3, -0.25) is 4.79 Å². The summed E-state index contributed by atoms with van der Waals surface area (Å²) in [6.07, 6.45) is 0.0627. The summed E-state index contributed by atoms with van der Waals surface area (Å²) in [5.41, 5.74) is 0.652. The van der Waals surface area contributed by atoms with E-state index in [2.05, 4.69) is 10.6 Å². The topological polar surface area (TPSA) is 84.8 Å². The molecule has 2 aliphatic carbocycles. The summed E-state index contributed by atoms with van der Waals surface area (Å²) in [6, 6.07) is 5.07. The van der Waals surface area contributed by atoms with Gasteiger partial charge in [0, 0.05) is 11.7 Å². The van der Waals surface area contributed by atoms with Gasteiger partial charge in [0.05, 0.1) is 24.1 Å². The summed E-state index contributed by atoms with van der Waals surface area (Å²) >= 11 is 5.40. The number of hydrogen-bond acceptors (Lipinski definition) is 4. The van der Waals surface area contributed by atoms with Crippen LogP contribution in [0.3, 0.4) is 0 Å². The molecular weight excluding hydrogens is 345 g/mol. The lowest BCUT2D eigenvalue weighted by molar-refractivity contribution is -0.131. The first-order chi connectivity index (χ1) is 12.0. The van der Waals surface area contributed by atoms with Gasteiger partial charge in [-0.2, -0.15) is 0 Å². The maximum absolute atomic E-state index is 13.3. The summed E-state index contributed by atoms with van der Waals surface area (Å²) in [7, 11) is 0. The number of amides is 1. The van der Waals surface area contributed by atoms with Crippen molar-refractivity contribution in [1.29, 1.82) is 0 Å². The van der Waals surface area contributed by atoms with Crippen molar-refractivity contribution in [2.24, 2.45) is 5.92 Å². The number of halogens is 1. The van der Waals surface area contributed by atoms with Crippen molar-refractivity contribution < 1.29 is 19.4 Å². The van der Waals surface area contributed by atoms with E-state index in [0.29, 0.717) is 10.8 Å². The highest BCUT2D eigenvalue weighted by Gasteiger charge is 2.54. The van der Waals surface area contributed by atoms with Gasteiger partial charge in [0.1, 0.15) is 11.9 Å². The second kappa shape index (κ2) is 6.19. The molecule has 0 aromatic heterocycles. The molecule has 3 fully saturated rings. The molecule has 1 saturated heterocycles. The number of carbonyl (C=O) groups excluding carboxylic acids is 1. The van der Waals surface area contributed by atoms with Crippen LogP contribution in [0, 0.1) is 11.7 Å². The summed E-state index contributed by atoms with van der Waals surface area (Å²) in [6.45, 7) is 0. The molecule has 1 heterocycles. The van der Waals surface area contributed by atoms with Crippen molar-refractivity contribution in [1.82, 2.24) is 10.6 Å². The molecule has 1 aromatic rings. The van der Waals surface area contributed by atoms with Crippen LogP contribution in [-0.2, 0) is 4.79 Å². The molecule has 1 aromatic carbocycles. The minimum Gasteiger partial charge on any atom is -0.390 e. The van der Waals surface area contributed by atoms with Crippen molar-refractivity contribution in [2.45, 2.75) is 49.6 Å². The van der Waals surface area contributed by atoms with E-state index in [1.54, 1.807) is 17.0 Å². The van der Waals surface area contributed by atoms with E-state index >= 15 is 0 Å². The van der Waals surface area contributed by atoms with E-state index in [0.717, 1.165) is 12.8 Å². The molecule has 4 N–H and O–H groups in total. The molecule has 134 valence electrons. The van der Waals surface area contributed by atoms with Crippen LogP contribution >= 0.6 is 12.2 Å². The molecule has 25 heavy (non-hydrogen) atoms. The molecule has 3 aliphatic rings. The molecule has 6 nitrogen and oxygen atoms in total. The molecule has 0 unspecified atom stereocenters. The quantitative estimate of drug-likeness (QED) is 0.576. The highest BCUT2D eigenvalue weighted by atomic mass is 32.1. The number of hydrogen-bond donors (Lipinski definition) is 4. The number of benzene rings is 1. The van der Waals surface area contributed by atoms with Crippen molar-refractivity contribution in [2.75, 3.05) is 4.90 Å². The molecule has 1 aliphatic heterocycles. The van der Waals surface area contributed by atoms with Gasteiger partial charge < -0.3 is 25.7 Å². The van der Waals surface area contributed by atoms with Crippen LogP contribution < -0.4 is 15.5 Å². The number of anilines is 1. The van der Waals surface area contributed by atoms with Gasteiger partial charge in [-0.05, 0) is 55.7 Å². The lowest BCUT2D eigenvalue weighted by Gasteiger charge is -2.41. The number of aliphatic hydroxyl groups is 2. The van der Waals surface area contributed by atoms with Gasteiger partial charge in [0.2, 0.25) is 5.91 Å². The van der Waals surface area contributed by atoms with E-state index in [4.69, 9.17) is 12.2 Å². The summed E-state index contributed by atoms with van der Waals surface area (Å²) in [5, 5.41) is 26.9. The zero-order chi connectivity index (χ0) is 17.7. The Morgan fingerprint density at radius 1 is 1.28 bits per heavy atom. The molecule has 5 atom stereocenters. The minimum absolute atomic E-state index is 0.137. The molecule has 0 radical (unpaired) electrons. The number of nitrogens with zero attached hydrogens (tertiary/aromatic N) is 1. The van der Waals surface area contributed by atoms with Gasteiger partial charge in [0.25, 0.3) is 0 Å². The Bertz CT molecular complexity index is 697. The van der Waals surface area contributed by atoms with Gasteiger partial charge in [-0.1, -0.05) is 0 Å². The van der Waals surface area contributed by atoms with Crippen molar-refractivity contribution in [3.63, 3.8) is 0 Å². The first-order valence-corrected chi connectivity index (χ1v) is 8.88. The van der Waals surface area contributed by atoms with Crippen LogP contribution in [-0.4, -0.2) is 51.6 Å². The smallest absolute Gasteiger partial charge is 0.225 e. The van der Waals surface area contributed by atoms with Gasteiger partial charge in [-0.25, -0.2) is 4.39 Å². The predicted molar refractivity (Wildman–Crippen MR) is 93.5 cm³/mol. The average molecular weight is 365 g/mol. The van der Waals surface area contributed by atoms with Crippen LogP contribution in [0.25, 0.3) is 0 Å². The molecule has 8 heteroatoms. The van der Waals surface area contributed by atoms with Gasteiger partial charge in [0.15, 0.2) is 5.11 Å². The monoisotopic (exact) mass is 365 g/mol. The number of aliphatic hydroxyl groups excluding tert-OH is 2. The maximum atomic E-state index is 13.3. The molecule has 0 spiro atoms. The first-order valence-electron chi connectivity index (χ1n) is 8.47. The molecule has 2 saturated carbocycles. The number of nitrogens with one attached hydrogen (secondary N) is 2. The summed E-state index contributed by atoms with van der Waals surface area (Å²) in [5.74, 6) is -1.02. The third-order valence-electron chi connectivity index (χ3n) is 5.21. The fourth-order valence-electron chi connectivity index (χ4n) is 3.78. The van der Waals surface area contributed by atoms with Crippen LogP contribution in [0.2, 0.25) is 0 Å². The first kappa shape index (κ1) is 16.7.